The zero-order chi connectivity index (χ0) is 32.8. The molecule has 3 rings (SSSR count). The zero-order valence-corrected chi connectivity index (χ0v) is 26.6. The molecule has 0 fully saturated rings. The number of carbonyl (C=O) groups excluding carboxylic acids is 2. The van der Waals surface area contributed by atoms with Crippen molar-refractivity contribution in [1.29, 1.82) is 0 Å². The highest BCUT2D eigenvalue weighted by Gasteiger charge is 2.38. The molecule has 0 amide bonds. The largest absolute Gasteiger partial charge is 0.460 e. The van der Waals surface area contributed by atoms with E-state index in [1.165, 1.54) is 30.9 Å². The minimum absolute atomic E-state index is 0.0300. The van der Waals surface area contributed by atoms with E-state index in [1.807, 2.05) is 6.07 Å². The SMILES string of the molecule is C#CCN(C)[C@H](C)Cc1ccccc1.COCCOC(=O)C1=C(C)NC(C)=C(C(=O)OC(C)C)C1c1cccc([N+](=O)[O-])c1. The van der Waals surface area contributed by atoms with Gasteiger partial charge in [0.05, 0.1) is 41.2 Å². The smallest absolute Gasteiger partial charge is 0.337 e. The third-order valence-corrected chi connectivity index (χ3v) is 6.94. The van der Waals surface area contributed by atoms with E-state index in [1.54, 1.807) is 33.8 Å². The Balaban J connectivity index is 0.000000402. The van der Waals surface area contributed by atoms with E-state index >= 15 is 0 Å². The Labute approximate surface area is 260 Å². The standard InChI is InChI=1S/C21H26N2O7.C13H17N/c1-12(2)30-21(25)18-14(4)22-13(3)17(20(24)29-10-9-28-5)19(18)15-7-6-8-16(11-15)23(26)27;1-4-10-14(3)12(2)11-13-8-6-5-7-9-13/h6-8,11-12,19,22H,9-10H2,1-5H3;1,5-9,12H,10-11H2,2-3H3/t;12-/m.1/s1. The first-order valence-corrected chi connectivity index (χ1v) is 14.4. The van der Waals surface area contributed by atoms with E-state index in [0.29, 0.717) is 29.5 Å². The number of rotatable bonds is 12. The van der Waals surface area contributed by atoms with Gasteiger partial charge in [-0.25, -0.2) is 9.59 Å². The number of likely N-dealkylation sites (N-methyl/N-ethyl adjacent to an activating group) is 1. The summed E-state index contributed by atoms with van der Waals surface area (Å²) in [5.74, 6) is 0.525. The molecule has 1 heterocycles. The molecule has 10 nitrogen and oxygen atoms in total. The maximum Gasteiger partial charge on any atom is 0.337 e. The number of nitro benzene ring substituents is 1. The molecule has 0 saturated carbocycles. The monoisotopic (exact) mass is 605 g/mol. The fourth-order valence-electron chi connectivity index (χ4n) is 4.67. The molecule has 0 saturated heterocycles. The van der Waals surface area contributed by atoms with Crippen molar-refractivity contribution in [2.45, 2.75) is 59.1 Å². The lowest BCUT2D eigenvalue weighted by Gasteiger charge is -2.30. The highest BCUT2D eigenvalue weighted by molar-refractivity contribution is 6.00. The topological polar surface area (TPSA) is 120 Å². The fourth-order valence-corrected chi connectivity index (χ4v) is 4.67. The van der Waals surface area contributed by atoms with E-state index in [0.717, 1.165) is 6.42 Å². The van der Waals surface area contributed by atoms with Crippen molar-refractivity contribution in [2.24, 2.45) is 0 Å². The molecule has 0 spiro atoms. The second-order valence-corrected chi connectivity index (χ2v) is 10.7. The van der Waals surface area contributed by atoms with Crippen LogP contribution in [0.3, 0.4) is 0 Å². The first kappa shape index (κ1) is 35.7. The molecule has 236 valence electrons. The van der Waals surface area contributed by atoms with Crippen LogP contribution in [0.2, 0.25) is 0 Å². The average molecular weight is 606 g/mol. The molecular formula is C34H43N3O7. The average Bonchev–Trinajstić information content (AvgIpc) is 2.97. The summed E-state index contributed by atoms with van der Waals surface area (Å²) in [6.45, 7) is 9.97. The van der Waals surface area contributed by atoms with Crippen LogP contribution in [0, 0.1) is 22.5 Å². The Morgan fingerprint density at radius 1 is 1.02 bits per heavy atom. The van der Waals surface area contributed by atoms with E-state index in [-0.39, 0.29) is 36.2 Å². The Bertz CT molecular complexity index is 1390. The number of hydrogen-bond acceptors (Lipinski definition) is 9. The third-order valence-electron chi connectivity index (χ3n) is 6.94. The van der Waals surface area contributed by atoms with Gasteiger partial charge in [-0.2, -0.15) is 0 Å². The Morgan fingerprint density at radius 2 is 1.66 bits per heavy atom. The molecular weight excluding hydrogens is 562 g/mol. The molecule has 1 unspecified atom stereocenters. The van der Waals surface area contributed by atoms with Crippen LogP contribution in [-0.4, -0.2) is 67.8 Å². The number of benzene rings is 2. The van der Waals surface area contributed by atoms with Crippen LogP contribution in [0.1, 0.15) is 51.7 Å². The number of nitro groups is 1. The summed E-state index contributed by atoms with van der Waals surface area (Å²) in [5.41, 5.74) is 3.02. The Hall–Kier alpha value is -4.46. The maximum atomic E-state index is 12.9. The number of allylic oxidation sites excluding steroid dienone is 2. The summed E-state index contributed by atoms with van der Waals surface area (Å²) in [6, 6.07) is 16.8. The van der Waals surface area contributed by atoms with Crippen molar-refractivity contribution in [3.05, 3.63) is 98.4 Å². The van der Waals surface area contributed by atoms with Gasteiger partial charge in [-0.05, 0) is 59.2 Å². The van der Waals surface area contributed by atoms with Gasteiger partial charge < -0.3 is 19.5 Å². The Kier molecular flexibility index (Phi) is 14.3. The molecule has 0 bridgehead atoms. The van der Waals surface area contributed by atoms with Crippen molar-refractivity contribution in [3.63, 3.8) is 0 Å². The molecule has 10 heteroatoms. The zero-order valence-electron chi connectivity index (χ0n) is 26.6. The van der Waals surface area contributed by atoms with Crippen LogP contribution in [0.5, 0.6) is 0 Å². The van der Waals surface area contributed by atoms with Gasteiger partial charge >= 0.3 is 11.9 Å². The number of non-ortho nitro benzene ring substituents is 1. The summed E-state index contributed by atoms with van der Waals surface area (Å²) >= 11 is 0. The summed E-state index contributed by atoms with van der Waals surface area (Å²) in [6.07, 6.45) is 5.94. The number of ether oxygens (including phenoxy) is 3. The summed E-state index contributed by atoms with van der Waals surface area (Å²) < 4.78 is 15.6. The molecule has 0 aliphatic carbocycles. The highest BCUT2D eigenvalue weighted by atomic mass is 16.6. The number of esters is 2. The van der Waals surface area contributed by atoms with Crippen molar-refractivity contribution < 1.29 is 28.7 Å². The van der Waals surface area contributed by atoms with Gasteiger partial charge in [-0.15, -0.1) is 6.42 Å². The van der Waals surface area contributed by atoms with E-state index in [2.05, 4.69) is 54.4 Å². The summed E-state index contributed by atoms with van der Waals surface area (Å²) in [7, 11) is 3.55. The number of nitrogens with one attached hydrogen (secondary N) is 1. The van der Waals surface area contributed by atoms with Gasteiger partial charge in [0.2, 0.25) is 0 Å². The molecule has 2 aromatic carbocycles. The molecule has 2 atom stereocenters. The molecule has 0 aromatic heterocycles. The van der Waals surface area contributed by atoms with Crippen molar-refractivity contribution in [3.8, 4) is 12.3 Å². The summed E-state index contributed by atoms with van der Waals surface area (Å²) in [4.78, 5) is 38.8. The van der Waals surface area contributed by atoms with E-state index in [4.69, 9.17) is 20.6 Å². The Morgan fingerprint density at radius 3 is 2.23 bits per heavy atom. The first-order valence-electron chi connectivity index (χ1n) is 14.4. The lowest BCUT2D eigenvalue weighted by molar-refractivity contribution is -0.384. The predicted octanol–water partition coefficient (Wildman–Crippen LogP) is 5.15. The number of methoxy groups -OCH3 is 1. The molecule has 44 heavy (non-hydrogen) atoms. The van der Waals surface area contributed by atoms with Crippen molar-refractivity contribution in [2.75, 3.05) is 33.9 Å². The van der Waals surface area contributed by atoms with E-state index < -0.39 is 22.8 Å². The van der Waals surface area contributed by atoms with Crippen molar-refractivity contribution >= 4 is 17.6 Å². The molecule has 1 N–H and O–H groups in total. The maximum absolute atomic E-state index is 12.9. The van der Waals surface area contributed by atoms with Gasteiger partial charge in [-0.1, -0.05) is 48.4 Å². The predicted molar refractivity (Wildman–Crippen MR) is 170 cm³/mol. The highest BCUT2D eigenvalue weighted by Crippen LogP contribution is 2.40. The van der Waals surface area contributed by atoms with Crippen LogP contribution in [0.15, 0.2) is 77.1 Å². The number of nitrogens with zero attached hydrogens (tertiary/aromatic N) is 2. The fraction of sp³-hybridized carbons (Fsp3) is 0.412. The van der Waals surface area contributed by atoms with Crippen LogP contribution in [-0.2, 0) is 30.2 Å². The number of dihydropyridines is 1. The third kappa shape index (κ3) is 10.4. The van der Waals surface area contributed by atoms with Gasteiger partial charge in [-0.3, -0.25) is 15.0 Å². The van der Waals surface area contributed by atoms with Crippen LogP contribution >= 0.6 is 0 Å². The van der Waals surface area contributed by atoms with Gasteiger partial charge in [0, 0.05) is 36.7 Å². The number of carbonyl (C=O) groups is 2. The summed E-state index contributed by atoms with van der Waals surface area (Å²) in [5, 5.41) is 14.3. The first-order chi connectivity index (χ1) is 20.9. The lowest BCUT2D eigenvalue weighted by Crippen LogP contribution is -2.33. The molecule has 2 aromatic rings. The molecule has 1 aliphatic heterocycles. The van der Waals surface area contributed by atoms with E-state index in [9.17, 15) is 19.7 Å². The van der Waals surface area contributed by atoms with Gasteiger partial charge in [0.15, 0.2) is 0 Å². The van der Waals surface area contributed by atoms with Gasteiger partial charge in [0.25, 0.3) is 5.69 Å². The molecule has 0 radical (unpaired) electrons. The second-order valence-electron chi connectivity index (χ2n) is 10.7. The molecule has 1 aliphatic rings. The minimum atomic E-state index is -0.882. The lowest BCUT2D eigenvalue weighted by atomic mass is 9.80. The normalized spacial score (nSPS) is 15.1. The second kappa shape index (κ2) is 17.6. The van der Waals surface area contributed by atoms with Gasteiger partial charge in [0.1, 0.15) is 6.61 Å². The van der Waals surface area contributed by atoms with Crippen LogP contribution in [0.4, 0.5) is 5.69 Å². The van der Waals surface area contributed by atoms with Crippen LogP contribution in [0.25, 0.3) is 0 Å². The van der Waals surface area contributed by atoms with Crippen molar-refractivity contribution in [1.82, 2.24) is 10.2 Å². The minimum Gasteiger partial charge on any atom is -0.460 e. The number of hydrogen-bond donors (Lipinski definition) is 1. The number of terminal acetylenes is 1. The quantitative estimate of drug-likeness (QED) is 0.115. The van der Waals surface area contributed by atoms with Crippen LogP contribution < -0.4 is 5.32 Å².